The molecule has 1 aliphatic heterocycles. The Kier molecular flexibility index (Phi) is 6.14. The van der Waals surface area contributed by atoms with Gasteiger partial charge in [0.05, 0.1) is 0 Å². The van der Waals surface area contributed by atoms with Gasteiger partial charge in [-0.05, 0) is 49.3 Å². The van der Waals surface area contributed by atoms with Crippen molar-refractivity contribution < 1.29 is 9.47 Å². The summed E-state index contributed by atoms with van der Waals surface area (Å²) in [6, 6.07) is 29.2. The van der Waals surface area contributed by atoms with Crippen molar-refractivity contribution >= 4 is 11.6 Å². The number of rotatable bonds is 9. The Morgan fingerprint density at radius 1 is 0.800 bits per heavy atom. The molecule has 0 bridgehead atoms. The summed E-state index contributed by atoms with van der Waals surface area (Å²) in [5, 5.41) is 0. The van der Waals surface area contributed by atoms with Gasteiger partial charge in [-0.1, -0.05) is 72.8 Å². The van der Waals surface area contributed by atoms with E-state index in [1.165, 1.54) is 0 Å². The first-order valence-corrected chi connectivity index (χ1v) is 10.9. The summed E-state index contributed by atoms with van der Waals surface area (Å²) in [4.78, 5) is 2.11. The standard InChI is InChI=1S/C26H28ClNO2/c1-28(2)19-20-29-24-15-13-23(14-16-24)26(22-11-7-4-8-12-22)25(30-26,17-18-27)21-9-5-3-6-10-21/h3-16H,17-20H2,1-2H3. The highest BCUT2D eigenvalue weighted by Crippen LogP contribution is 2.67. The summed E-state index contributed by atoms with van der Waals surface area (Å²) in [6.45, 7) is 1.54. The number of hydrogen-bond donors (Lipinski definition) is 0. The van der Waals surface area contributed by atoms with E-state index < -0.39 is 11.2 Å². The largest absolute Gasteiger partial charge is 0.492 e. The fourth-order valence-electron chi connectivity index (χ4n) is 4.27. The van der Waals surface area contributed by atoms with Crippen LogP contribution in [0.4, 0.5) is 0 Å². The molecule has 0 spiro atoms. The molecule has 1 heterocycles. The minimum Gasteiger partial charge on any atom is -0.492 e. The summed E-state index contributed by atoms with van der Waals surface area (Å²) >= 11 is 6.28. The van der Waals surface area contributed by atoms with Crippen molar-refractivity contribution in [3.63, 3.8) is 0 Å². The van der Waals surface area contributed by atoms with Crippen molar-refractivity contribution in [2.45, 2.75) is 17.6 Å². The molecule has 156 valence electrons. The highest BCUT2D eigenvalue weighted by atomic mass is 35.5. The summed E-state index contributed by atoms with van der Waals surface area (Å²) in [5.41, 5.74) is 2.36. The average molecular weight is 422 g/mol. The lowest BCUT2D eigenvalue weighted by Gasteiger charge is -2.22. The Morgan fingerprint density at radius 3 is 1.93 bits per heavy atom. The molecule has 0 amide bonds. The molecule has 3 aromatic carbocycles. The molecule has 1 saturated heterocycles. The van der Waals surface area contributed by atoms with E-state index in [2.05, 4.69) is 65.6 Å². The second-order valence-electron chi connectivity index (χ2n) is 7.96. The normalized spacial score (nSPS) is 22.8. The zero-order chi connectivity index (χ0) is 21.0. The molecule has 1 fully saturated rings. The van der Waals surface area contributed by atoms with Crippen molar-refractivity contribution in [2.24, 2.45) is 0 Å². The van der Waals surface area contributed by atoms with E-state index >= 15 is 0 Å². The highest BCUT2D eigenvalue weighted by molar-refractivity contribution is 6.17. The fourth-order valence-corrected chi connectivity index (χ4v) is 4.53. The molecule has 3 aromatic rings. The van der Waals surface area contributed by atoms with Crippen LogP contribution in [0, 0.1) is 0 Å². The lowest BCUT2D eigenvalue weighted by Crippen LogP contribution is -2.24. The van der Waals surface area contributed by atoms with Gasteiger partial charge in [-0.15, -0.1) is 11.6 Å². The maximum Gasteiger partial charge on any atom is 0.153 e. The van der Waals surface area contributed by atoms with Gasteiger partial charge >= 0.3 is 0 Å². The highest BCUT2D eigenvalue weighted by Gasteiger charge is 2.71. The van der Waals surface area contributed by atoms with Gasteiger partial charge in [0, 0.05) is 12.4 Å². The van der Waals surface area contributed by atoms with Crippen molar-refractivity contribution in [2.75, 3.05) is 33.1 Å². The van der Waals surface area contributed by atoms with E-state index in [9.17, 15) is 0 Å². The monoisotopic (exact) mass is 421 g/mol. The molecule has 0 aromatic heterocycles. The fraction of sp³-hybridized carbons (Fsp3) is 0.308. The molecule has 0 radical (unpaired) electrons. The van der Waals surface area contributed by atoms with Gasteiger partial charge < -0.3 is 14.4 Å². The van der Waals surface area contributed by atoms with E-state index in [0.29, 0.717) is 12.5 Å². The van der Waals surface area contributed by atoms with E-state index in [1.54, 1.807) is 0 Å². The Labute approximate surface area is 184 Å². The van der Waals surface area contributed by atoms with Crippen LogP contribution >= 0.6 is 11.6 Å². The minimum absolute atomic E-state index is 0.481. The Balaban J connectivity index is 1.72. The Hall–Kier alpha value is -2.33. The van der Waals surface area contributed by atoms with E-state index in [0.717, 1.165) is 35.4 Å². The maximum absolute atomic E-state index is 6.71. The van der Waals surface area contributed by atoms with Crippen LogP contribution < -0.4 is 4.74 Å². The van der Waals surface area contributed by atoms with Gasteiger partial charge in [0.2, 0.25) is 0 Å². The third kappa shape index (κ3) is 3.74. The van der Waals surface area contributed by atoms with Crippen LogP contribution in [-0.2, 0) is 15.9 Å². The summed E-state index contributed by atoms with van der Waals surface area (Å²) < 4.78 is 12.6. The number of alkyl halides is 1. The van der Waals surface area contributed by atoms with Crippen LogP contribution in [0.3, 0.4) is 0 Å². The molecule has 30 heavy (non-hydrogen) atoms. The predicted molar refractivity (Wildman–Crippen MR) is 122 cm³/mol. The number of epoxide rings is 1. The van der Waals surface area contributed by atoms with Gasteiger partial charge in [-0.25, -0.2) is 0 Å². The van der Waals surface area contributed by atoms with E-state index in [1.807, 2.05) is 38.4 Å². The second-order valence-corrected chi connectivity index (χ2v) is 8.34. The molecule has 1 aliphatic rings. The van der Waals surface area contributed by atoms with Gasteiger partial charge in [-0.2, -0.15) is 0 Å². The lowest BCUT2D eigenvalue weighted by molar-refractivity contribution is 0.261. The van der Waals surface area contributed by atoms with Crippen molar-refractivity contribution in [3.8, 4) is 5.75 Å². The summed E-state index contributed by atoms with van der Waals surface area (Å²) in [5.74, 6) is 1.39. The van der Waals surface area contributed by atoms with Crippen LogP contribution in [0.15, 0.2) is 84.9 Å². The van der Waals surface area contributed by atoms with Crippen LogP contribution in [0.1, 0.15) is 23.1 Å². The molecule has 4 heteroatoms. The number of ether oxygens (including phenoxy) is 2. The molecule has 4 rings (SSSR count). The Morgan fingerprint density at radius 2 is 1.37 bits per heavy atom. The van der Waals surface area contributed by atoms with Crippen LogP contribution in [0.25, 0.3) is 0 Å². The van der Waals surface area contributed by atoms with Gasteiger partial charge in [0.1, 0.15) is 18.0 Å². The average Bonchev–Trinajstić information content (AvgIpc) is 3.46. The zero-order valence-electron chi connectivity index (χ0n) is 17.6. The molecule has 3 nitrogen and oxygen atoms in total. The molecule has 0 aliphatic carbocycles. The first-order chi connectivity index (χ1) is 14.6. The topological polar surface area (TPSA) is 25.0 Å². The quantitative estimate of drug-likeness (QED) is 0.340. The van der Waals surface area contributed by atoms with E-state index in [4.69, 9.17) is 21.1 Å². The third-order valence-electron chi connectivity index (χ3n) is 5.79. The first-order valence-electron chi connectivity index (χ1n) is 10.4. The SMILES string of the molecule is CN(C)CCOc1ccc(C2(c3ccccc3)OC2(CCCl)c2ccccc2)cc1. The third-order valence-corrected chi connectivity index (χ3v) is 5.98. The molecule has 0 saturated carbocycles. The molecule has 2 atom stereocenters. The minimum atomic E-state index is -0.563. The van der Waals surface area contributed by atoms with Crippen LogP contribution in [0.5, 0.6) is 5.75 Å². The number of benzene rings is 3. The number of nitrogens with zero attached hydrogens (tertiary/aromatic N) is 1. The summed E-state index contributed by atoms with van der Waals surface area (Å²) in [7, 11) is 4.08. The molecular formula is C26H28ClNO2. The number of likely N-dealkylation sites (N-methyl/N-ethyl adjacent to an activating group) is 1. The van der Waals surface area contributed by atoms with Crippen molar-refractivity contribution in [3.05, 3.63) is 102 Å². The lowest BCUT2D eigenvalue weighted by atomic mass is 9.76. The van der Waals surface area contributed by atoms with Gasteiger partial charge in [-0.3, -0.25) is 0 Å². The molecular weight excluding hydrogens is 394 g/mol. The Bertz CT molecular complexity index is 946. The van der Waals surface area contributed by atoms with E-state index in [-0.39, 0.29) is 0 Å². The first kappa shape index (κ1) is 20.9. The van der Waals surface area contributed by atoms with Crippen molar-refractivity contribution in [1.82, 2.24) is 4.90 Å². The second kappa shape index (κ2) is 8.81. The maximum atomic E-state index is 6.71. The molecule has 2 unspecified atom stereocenters. The van der Waals surface area contributed by atoms with Crippen molar-refractivity contribution in [1.29, 1.82) is 0 Å². The predicted octanol–water partition coefficient (Wildman–Crippen LogP) is 5.43. The zero-order valence-corrected chi connectivity index (χ0v) is 18.3. The van der Waals surface area contributed by atoms with Crippen LogP contribution in [0.2, 0.25) is 0 Å². The van der Waals surface area contributed by atoms with Gasteiger partial charge in [0.25, 0.3) is 0 Å². The van der Waals surface area contributed by atoms with Gasteiger partial charge in [0.15, 0.2) is 5.60 Å². The summed E-state index contributed by atoms with van der Waals surface area (Å²) in [6.07, 6.45) is 0.731. The van der Waals surface area contributed by atoms with Crippen LogP contribution in [-0.4, -0.2) is 38.0 Å². The number of hydrogen-bond acceptors (Lipinski definition) is 3. The number of halogens is 1. The molecule has 0 N–H and O–H groups in total. The smallest absolute Gasteiger partial charge is 0.153 e.